The van der Waals surface area contributed by atoms with Crippen LogP contribution in [0.2, 0.25) is 10.0 Å². The van der Waals surface area contributed by atoms with Gasteiger partial charge < -0.3 is 19.5 Å². The van der Waals surface area contributed by atoms with Crippen LogP contribution in [0.1, 0.15) is 41.2 Å². The van der Waals surface area contributed by atoms with Gasteiger partial charge in [0, 0.05) is 42.6 Å². The van der Waals surface area contributed by atoms with Crippen molar-refractivity contribution < 1.29 is 23.6 Å². The Balaban J connectivity index is 1.29. The predicted octanol–water partition coefficient (Wildman–Crippen LogP) is 5.18. The molecule has 2 aromatic heterocycles. The van der Waals surface area contributed by atoms with Gasteiger partial charge in [0.1, 0.15) is 5.69 Å². The van der Waals surface area contributed by atoms with Gasteiger partial charge in [-0.15, -0.1) is 11.3 Å². The zero-order valence-electron chi connectivity index (χ0n) is 19.2. The Morgan fingerprint density at radius 3 is 2.78 bits per heavy atom. The van der Waals surface area contributed by atoms with Gasteiger partial charge in [-0.05, 0) is 31.9 Å². The zero-order valence-corrected chi connectivity index (χ0v) is 21.5. The van der Waals surface area contributed by atoms with Crippen molar-refractivity contribution in [2.75, 3.05) is 25.0 Å². The lowest BCUT2D eigenvalue weighted by Crippen LogP contribution is -2.37. The lowest BCUT2D eigenvalue weighted by Gasteiger charge is -2.30. The molecule has 1 saturated heterocycles. The Hall–Kier alpha value is -3.21. The van der Waals surface area contributed by atoms with Crippen LogP contribution < -0.4 is 5.32 Å². The molecule has 1 aliphatic heterocycles. The van der Waals surface area contributed by atoms with E-state index in [1.165, 1.54) is 29.6 Å². The first kappa shape index (κ1) is 25.9. The number of thiazole rings is 1. The molecule has 1 aromatic carbocycles. The van der Waals surface area contributed by atoms with Gasteiger partial charge in [0.05, 0.1) is 27.3 Å². The van der Waals surface area contributed by atoms with Gasteiger partial charge in [-0.3, -0.25) is 9.59 Å². The van der Waals surface area contributed by atoms with E-state index in [0.29, 0.717) is 35.3 Å². The topological polar surface area (TPSA) is 115 Å². The largest absolute Gasteiger partial charge is 0.461 e. The van der Waals surface area contributed by atoms with E-state index in [-0.39, 0.29) is 29.1 Å². The Labute approximate surface area is 221 Å². The molecule has 0 spiro atoms. The number of aromatic nitrogens is 2. The molecule has 2 amide bonds. The maximum absolute atomic E-state index is 12.6. The van der Waals surface area contributed by atoms with Crippen LogP contribution in [0.15, 0.2) is 46.3 Å². The lowest BCUT2D eigenvalue weighted by atomic mass is 9.97. The number of amides is 2. The van der Waals surface area contributed by atoms with Crippen molar-refractivity contribution in [2.45, 2.75) is 25.7 Å². The number of carbonyl (C=O) groups is 3. The number of ether oxygens (including phenoxy) is 1. The highest BCUT2D eigenvalue weighted by atomic mass is 35.5. The maximum atomic E-state index is 12.6. The van der Waals surface area contributed by atoms with Gasteiger partial charge in [-0.2, -0.15) is 0 Å². The second-order valence-electron chi connectivity index (χ2n) is 7.89. The molecule has 0 atom stereocenters. The van der Waals surface area contributed by atoms with Gasteiger partial charge >= 0.3 is 5.97 Å². The lowest BCUT2D eigenvalue weighted by molar-refractivity contribution is -0.127. The molecule has 1 N–H and O–H groups in total. The van der Waals surface area contributed by atoms with Crippen molar-refractivity contribution in [1.29, 1.82) is 0 Å². The summed E-state index contributed by atoms with van der Waals surface area (Å²) in [5.74, 6) is -0.669. The van der Waals surface area contributed by atoms with Crippen LogP contribution in [0.25, 0.3) is 11.5 Å². The maximum Gasteiger partial charge on any atom is 0.360 e. The van der Waals surface area contributed by atoms with Crippen LogP contribution in [0.5, 0.6) is 0 Å². The van der Waals surface area contributed by atoms with E-state index >= 15 is 0 Å². The zero-order chi connectivity index (χ0) is 25.7. The summed E-state index contributed by atoms with van der Waals surface area (Å²) in [5, 5.41) is 9.71. The quantitative estimate of drug-likeness (QED) is 0.319. The van der Waals surface area contributed by atoms with Gasteiger partial charge in [-0.1, -0.05) is 34.4 Å². The van der Waals surface area contributed by atoms with E-state index in [9.17, 15) is 14.4 Å². The van der Waals surface area contributed by atoms with Gasteiger partial charge in [0.2, 0.25) is 11.8 Å². The fraction of sp³-hybridized carbons (Fsp3) is 0.292. The Bertz CT molecular complexity index is 1300. The van der Waals surface area contributed by atoms with Crippen LogP contribution in [0.4, 0.5) is 5.69 Å². The van der Waals surface area contributed by atoms with E-state index in [2.05, 4.69) is 15.5 Å². The predicted molar refractivity (Wildman–Crippen MR) is 136 cm³/mol. The second kappa shape index (κ2) is 11.7. The number of benzene rings is 1. The first-order valence-corrected chi connectivity index (χ1v) is 12.8. The minimum absolute atomic E-state index is 0.102. The third kappa shape index (κ3) is 6.13. The van der Waals surface area contributed by atoms with Crippen molar-refractivity contribution in [2.24, 2.45) is 0 Å². The third-order valence-corrected chi connectivity index (χ3v) is 7.34. The van der Waals surface area contributed by atoms with E-state index < -0.39 is 11.9 Å². The number of esters is 1. The summed E-state index contributed by atoms with van der Waals surface area (Å²) in [5.41, 5.74) is 1.08. The number of nitrogens with one attached hydrogen (secondary N) is 1. The van der Waals surface area contributed by atoms with E-state index in [1.807, 2.05) is 5.38 Å². The molecule has 12 heteroatoms. The number of nitrogens with zero attached hydrogens (tertiary/aromatic N) is 3. The number of hydrogen-bond acceptors (Lipinski definition) is 8. The molecule has 3 aromatic rings. The summed E-state index contributed by atoms with van der Waals surface area (Å²) < 4.78 is 10.2. The summed E-state index contributed by atoms with van der Waals surface area (Å²) in [6.45, 7) is 3.06. The molecule has 0 radical (unpaired) electrons. The van der Waals surface area contributed by atoms with Crippen molar-refractivity contribution in [3.8, 4) is 11.5 Å². The standard InChI is InChI=1S/C24H22Cl2N4O5S/c1-2-34-24(33)17-12-19(35-29-17)18-13-36-23(28-18)14-8-10-30(11-9-14)21(32)7-6-20(31)27-16-5-3-4-15(25)22(16)26/h3-7,12-14H,2,8-11H2,1H3,(H,27,31)/b7-6+. The number of hydrogen-bond donors (Lipinski definition) is 1. The summed E-state index contributed by atoms with van der Waals surface area (Å²) in [7, 11) is 0. The normalized spacial score (nSPS) is 14.2. The molecule has 1 aliphatic rings. The van der Waals surface area contributed by atoms with E-state index in [0.717, 1.165) is 17.8 Å². The van der Waals surface area contributed by atoms with Crippen molar-refractivity contribution in [1.82, 2.24) is 15.0 Å². The number of likely N-dealkylation sites (tertiary alicyclic amines) is 1. The number of piperidine rings is 1. The molecular formula is C24H22Cl2N4O5S. The molecular weight excluding hydrogens is 527 g/mol. The Morgan fingerprint density at radius 2 is 2.03 bits per heavy atom. The number of anilines is 1. The molecule has 3 heterocycles. The average Bonchev–Trinajstić information content (AvgIpc) is 3.56. The number of rotatable bonds is 7. The van der Waals surface area contributed by atoms with Crippen LogP contribution >= 0.6 is 34.5 Å². The first-order valence-electron chi connectivity index (χ1n) is 11.2. The van der Waals surface area contributed by atoms with Crippen molar-refractivity contribution >= 4 is 58.0 Å². The van der Waals surface area contributed by atoms with Crippen LogP contribution in [0, 0.1) is 0 Å². The molecule has 0 unspecified atom stereocenters. The average molecular weight is 549 g/mol. The first-order chi connectivity index (χ1) is 17.4. The monoisotopic (exact) mass is 548 g/mol. The molecule has 9 nitrogen and oxygen atoms in total. The molecule has 188 valence electrons. The minimum atomic E-state index is -0.542. The third-order valence-electron chi connectivity index (χ3n) is 5.51. The smallest absolute Gasteiger partial charge is 0.360 e. The summed E-state index contributed by atoms with van der Waals surface area (Å²) >= 11 is 13.5. The van der Waals surface area contributed by atoms with Crippen molar-refractivity contribution in [3.05, 3.63) is 62.5 Å². The Kier molecular flexibility index (Phi) is 8.40. The highest BCUT2D eigenvalue weighted by molar-refractivity contribution is 7.10. The van der Waals surface area contributed by atoms with Gasteiger partial charge in [-0.25, -0.2) is 9.78 Å². The Morgan fingerprint density at radius 1 is 1.25 bits per heavy atom. The molecule has 0 bridgehead atoms. The fourth-order valence-electron chi connectivity index (χ4n) is 3.66. The molecule has 1 fully saturated rings. The van der Waals surface area contributed by atoms with Crippen LogP contribution in [0.3, 0.4) is 0 Å². The summed E-state index contributed by atoms with van der Waals surface area (Å²) in [4.78, 5) is 42.9. The van der Waals surface area contributed by atoms with E-state index in [4.69, 9.17) is 32.5 Å². The van der Waals surface area contributed by atoms with E-state index in [1.54, 1.807) is 30.0 Å². The highest BCUT2D eigenvalue weighted by Gasteiger charge is 2.26. The second-order valence-corrected chi connectivity index (χ2v) is 9.57. The number of halogens is 2. The molecule has 4 rings (SSSR count). The fourth-order valence-corrected chi connectivity index (χ4v) is 4.99. The van der Waals surface area contributed by atoms with Crippen LogP contribution in [-0.4, -0.2) is 52.5 Å². The van der Waals surface area contributed by atoms with Crippen molar-refractivity contribution in [3.63, 3.8) is 0 Å². The molecule has 0 aliphatic carbocycles. The summed E-state index contributed by atoms with van der Waals surface area (Å²) in [6.07, 6.45) is 3.91. The van der Waals surface area contributed by atoms with Crippen LogP contribution in [-0.2, 0) is 14.3 Å². The number of carbonyl (C=O) groups excluding carboxylic acids is 3. The summed E-state index contributed by atoms with van der Waals surface area (Å²) in [6, 6.07) is 6.42. The van der Waals surface area contributed by atoms with Gasteiger partial charge in [0.15, 0.2) is 11.5 Å². The SMILES string of the molecule is CCOC(=O)c1cc(-c2csc(C3CCN(C(=O)/C=C/C(=O)Nc4cccc(Cl)c4Cl)CC3)n2)on1. The molecule has 0 saturated carbocycles. The molecule has 36 heavy (non-hydrogen) atoms. The van der Waals surface area contributed by atoms with Gasteiger partial charge in [0.25, 0.3) is 0 Å². The minimum Gasteiger partial charge on any atom is -0.461 e. The highest BCUT2D eigenvalue weighted by Crippen LogP contribution is 2.33.